The summed E-state index contributed by atoms with van der Waals surface area (Å²) in [6.07, 6.45) is 3.50. The highest BCUT2D eigenvalue weighted by Gasteiger charge is 2.33. The van der Waals surface area contributed by atoms with E-state index in [0.29, 0.717) is 19.4 Å². The molecule has 0 radical (unpaired) electrons. The summed E-state index contributed by atoms with van der Waals surface area (Å²) >= 11 is 0. The Morgan fingerprint density at radius 1 is 1.20 bits per heavy atom. The predicted molar refractivity (Wildman–Crippen MR) is 62.0 cm³/mol. The molecule has 0 atom stereocenters. The molecule has 1 saturated carbocycles. The number of benzene rings is 1. The van der Waals surface area contributed by atoms with Gasteiger partial charge in [0.15, 0.2) is 0 Å². The third-order valence-corrected chi connectivity index (χ3v) is 3.16. The molecule has 2 heteroatoms. The van der Waals surface area contributed by atoms with Gasteiger partial charge in [-0.2, -0.15) is 0 Å². The average Bonchev–Trinajstić information content (AvgIpc) is 2.65. The second-order valence-corrected chi connectivity index (χ2v) is 4.58. The Labute approximate surface area is 90.7 Å². The lowest BCUT2D eigenvalue weighted by Gasteiger charge is -2.20. The third-order valence-electron chi connectivity index (χ3n) is 3.16. The molecule has 15 heavy (non-hydrogen) atoms. The number of nitrogens with one attached hydrogen (secondary N) is 1. The van der Waals surface area contributed by atoms with Crippen LogP contribution in [0, 0.1) is 6.92 Å². The van der Waals surface area contributed by atoms with E-state index < -0.39 is 5.67 Å². The normalized spacial score (nSPS) is 19.1. The summed E-state index contributed by atoms with van der Waals surface area (Å²) in [4.78, 5) is 0. The standard InChI is InChI=1S/C13H18FN/c1-11-4-6-12(7-5-11)15-10-13(14)8-2-3-9-13/h4-7,15H,2-3,8-10H2,1H3. The van der Waals surface area contributed by atoms with E-state index in [4.69, 9.17) is 0 Å². The SMILES string of the molecule is Cc1ccc(NCC2(F)CCCC2)cc1. The second-order valence-electron chi connectivity index (χ2n) is 4.58. The zero-order chi connectivity index (χ0) is 10.7. The number of hydrogen-bond donors (Lipinski definition) is 1. The van der Waals surface area contributed by atoms with Gasteiger partial charge >= 0.3 is 0 Å². The van der Waals surface area contributed by atoms with Gasteiger partial charge < -0.3 is 5.32 Å². The summed E-state index contributed by atoms with van der Waals surface area (Å²) in [6.45, 7) is 2.51. The first-order chi connectivity index (χ1) is 7.18. The van der Waals surface area contributed by atoms with Crippen molar-refractivity contribution in [3.8, 4) is 0 Å². The summed E-state index contributed by atoms with van der Waals surface area (Å²) in [5.74, 6) is 0. The molecule has 1 aromatic carbocycles. The Balaban J connectivity index is 1.90. The van der Waals surface area contributed by atoms with E-state index in [9.17, 15) is 4.39 Å². The number of hydrogen-bond acceptors (Lipinski definition) is 1. The van der Waals surface area contributed by atoms with E-state index >= 15 is 0 Å². The number of halogens is 1. The largest absolute Gasteiger partial charge is 0.382 e. The molecule has 0 saturated heterocycles. The molecule has 0 amide bonds. The van der Waals surface area contributed by atoms with Crippen LogP contribution in [0.1, 0.15) is 31.2 Å². The predicted octanol–water partition coefficient (Wildman–Crippen LogP) is 3.69. The molecule has 1 aliphatic rings. The Kier molecular flexibility index (Phi) is 2.94. The van der Waals surface area contributed by atoms with Crippen LogP contribution >= 0.6 is 0 Å². The molecule has 0 unspecified atom stereocenters. The van der Waals surface area contributed by atoms with Crippen LogP contribution in [-0.4, -0.2) is 12.2 Å². The van der Waals surface area contributed by atoms with Crippen molar-refractivity contribution in [3.63, 3.8) is 0 Å². The van der Waals surface area contributed by atoms with E-state index in [0.717, 1.165) is 18.5 Å². The number of anilines is 1. The monoisotopic (exact) mass is 207 g/mol. The Hall–Kier alpha value is -1.05. The highest BCUT2D eigenvalue weighted by Crippen LogP contribution is 2.33. The van der Waals surface area contributed by atoms with Crippen molar-refractivity contribution < 1.29 is 4.39 Å². The fourth-order valence-electron chi connectivity index (χ4n) is 2.12. The quantitative estimate of drug-likeness (QED) is 0.797. The molecule has 0 spiro atoms. The van der Waals surface area contributed by atoms with Crippen molar-refractivity contribution >= 4 is 5.69 Å². The summed E-state index contributed by atoms with van der Waals surface area (Å²) in [7, 11) is 0. The molecular formula is C13H18FN. The van der Waals surface area contributed by atoms with Crippen molar-refractivity contribution in [1.29, 1.82) is 0 Å². The molecule has 1 aliphatic carbocycles. The first-order valence-corrected chi connectivity index (χ1v) is 5.67. The third kappa shape index (κ3) is 2.71. The van der Waals surface area contributed by atoms with Crippen LogP contribution in [0.4, 0.5) is 10.1 Å². The molecule has 0 heterocycles. The van der Waals surface area contributed by atoms with Crippen LogP contribution in [0.25, 0.3) is 0 Å². The zero-order valence-corrected chi connectivity index (χ0v) is 9.22. The Morgan fingerprint density at radius 2 is 1.80 bits per heavy atom. The van der Waals surface area contributed by atoms with Crippen LogP contribution in [0.2, 0.25) is 0 Å². The molecule has 2 rings (SSSR count). The van der Waals surface area contributed by atoms with Crippen molar-refractivity contribution in [3.05, 3.63) is 29.8 Å². The van der Waals surface area contributed by atoms with Crippen LogP contribution in [0.3, 0.4) is 0 Å². The van der Waals surface area contributed by atoms with E-state index in [2.05, 4.69) is 12.2 Å². The van der Waals surface area contributed by atoms with Gasteiger partial charge in [-0.3, -0.25) is 0 Å². The van der Waals surface area contributed by atoms with E-state index in [-0.39, 0.29) is 0 Å². The second kappa shape index (κ2) is 4.21. The minimum absolute atomic E-state index is 0.454. The zero-order valence-electron chi connectivity index (χ0n) is 9.22. The summed E-state index contributed by atoms with van der Waals surface area (Å²) in [6, 6.07) is 8.10. The van der Waals surface area contributed by atoms with Gasteiger partial charge in [0.05, 0.1) is 0 Å². The van der Waals surface area contributed by atoms with Crippen LogP contribution < -0.4 is 5.32 Å². The average molecular weight is 207 g/mol. The van der Waals surface area contributed by atoms with Crippen molar-refractivity contribution in [2.45, 2.75) is 38.3 Å². The number of rotatable bonds is 3. The Morgan fingerprint density at radius 3 is 2.40 bits per heavy atom. The van der Waals surface area contributed by atoms with Crippen LogP contribution in [-0.2, 0) is 0 Å². The molecule has 0 aromatic heterocycles. The van der Waals surface area contributed by atoms with Gasteiger partial charge in [0.25, 0.3) is 0 Å². The van der Waals surface area contributed by atoms with Gasteiger partial charge in [-0.15, -0.1) is 0 Å². The lowest BCUT2D eigenvalue weighted by atomic mass is 10.1. The minimum atomic E-state index is -0.967. The molecule has 0 aliphatic heterocycles. The molecule has 1 aromatic rings. The highest BCUT2D eigenvalue weighted by molar-refractivity contribution is 5.44. The van der Waals surface area contributed by atoms with Gasteiger partial charge in [0.1, 0.15) is 5.67 Å². The number of aryl methyl sites for hydroxylation is 1. The first-order valence-electron chi connectivity index (χ1n) is 5.67. The molecule has 1 N–H and O–H groups in total. The topological polar surface area (TPSA) is 12.0 Å². The summed E-state index contributed by atoms with van der Waals surface area (Å²) in [5, 5.41) is 3.18. The van der Waals surface area contributed by atoms with Gasteiger partial charge in [-0.25, -0.2) is 4.39 Å². The maximum atomic E-state index is 14.0. The van der Waals surface area contributed by atoms with Gasteiger partial charge in [-0.1, -0.05) is 30.5 Å². The fraction of sp³-hybridized carbons (Fsp3) is 0.538. The number of alkyl halides is 1. The molecule has 1 fully saturated rings. The maximum Gasteiger partial charge on any atom is 0.128 e. The first kappa shape index (κ1) is 10.5. The molecule has 1 nitrogen and oxygen atoms in total. The van der Waals surface area contributed by atoms with Crippen LogP contribution in [0.5, 0.6) is 0 Å². The van der Waals surface area contributed by atoms with Crippen molar-refractivity contribution in [2.75, 3.05) is 11.9 Å². The van der Waals surface area contributed by atoms with Crippen molar-refractivity contribution in [2.24, 2.45) is 0 Å². The lowest BCUT2D eigenvalue weighted by molar-refractivity contribution is 0.190. The van der Waals surface area contributed by atoms with Gasteiger partial charge in [0.2, 0.25) is 0 Å². The summed E-state index contributed by atoms with van der Waals surface area (Å²) in [5.41, 5.74) is 1.28. The summed E-state index contributed by atoms with van der Waals surface area (Å²) < 4.78 is 14.0. The fourth-order valence-corrected chi connectivity index (χ4v) is 2.12. The molecule has 82 valence electrons. The van der Waals surface area contributed by atoms with Gasteiger partial charge in [0, 0.05) is 12.2 Å². The van der Waals surface area contributed by atoms with Crippen LogP contribution in [0.15, 0.2) is 24.3 Å². The molecular weight excluding hydrogens is 189 g/mol. The Bertz CT molecular complexity index is 312. The van der Waals surface area contributed by atoms with Crippen molar-refractivity contribution in [1.82, 2.24) is 0 Å². The molecule has 0 bridgehead atoms. The smallest absolute Gasteiger partial charge is 0.128 e. The van der Waals surface area contributed by atoms with Gasteiger partial charge in [-0.05, 0) is 31.9 Å². The van der Waals surface area contributed by atoms with E-state index in [1.165, 1.54) is 5.56 Å². The lowest BCUT2D eigenvalue weighted by Crippen LogP contribution is -2.28. The highest BCUT2D eigenvalue weighted by atomic mass is 19.1. The van der Waals surface area contributed by atoms with E-state index in [1.807, 2.05) is 24.3 Å². The van der Waals surface area contributed by atoms with E-state index in [1.54, 1.807) is 0 Å². The minimum Gasteiger partial charge on any atom is -0.382 e. The maximum absolute atomic E-state index is 14.0.